The molecular formula is C31H28N2O4. The number of aliphatic hydroxyl groups excluding tert-OH is 1. The quantitative estimate of drug-likeness (QED) is 0.204. The van der Waals surface area contributed by atoms with Gasteiger partial charge in [-0.25, -0.2) is 0 Å². The topological polar surface area (TPSA) is 74.0 Å². The first-order valence-corrected chi connectivity index (χ1v) is 12.7. The van der Waals surface area contributed by atoms with Crippen molar-refractivity contribution in [3.05, 3.63) is 102 Å². The first-order chi connectivity index (χ1) is 18.0. The highest BCUT2D eigenvalue weighted by Crippen LogP contribution is 2.43. The van der Waals surface area contributed by atoms with Crippen LogP contribution in [-0.2, 0) is 9.59 Å². The largest absolute Gasteiger partial charge is 0.507 e. The molecule has 0 aliphatic carbocycles. The molecule has 2 aliphatic rings. The fourth-order valence-electron chi connectivity index (χ4n) is 5.44. The van der Waals surface area contributed by atoms with E-state index in [1.54, 1.807) is 18.2 Å². The number of aliphatic hydroxyl groups is 1. The maximum atomic E-state index is 13.4. The Hall–Kier alpha value is -4.32. The summed E-state index contributed by atoms with van der Waals surface area (Å²) in [5.41, 5.74) is 2.18. The number of amides is 1. The van der Waals surface area contributed by atoms with Crippen molar-refractivity contribution in [2.75, 3.05) is 22.9 Å². The van der Waals surface area contributed by atoms with Crippen LogP contribution in [0.2, 0.25) is 0 Å². The van der Waals surface area contributed by atoms with E-state index in [1.807, 2.05) is 67.6 Å². The average molecular weight is 493 g/mol. The zero-order valence-electron chi connectivity index (χ0n) is 20.7. The van der Waals surface area contributed by atoms with Gasteiger partial charge in [0.25, 0.3) is 11.7 Å². The molecule has 0 bridgehead atoms. The summed E-state index contributed by atoms with van der Waals surface area (Å²) in [5.74, 6) is -0.543. The SMILES string of the molecule is Cc1ccc(C2/C(=C(/O)c3ccc4ccccc4c3)C(=O)C(=O)N2c2ccc(N3CCCCC3)cc2)o1. The van der Waals surface area contributed by atoms with Crippen LogP contribution in [0, 0.1) is 6.92 Å². The van der Waals surface area contributed by atoms with Crippen molar-refractivity contribution < 1.29 is 19.1 Å². The molecule has 6 nitrogen and oxygen atoms in total. The molecule has 0 saturated carbocycles. The predicted molar refractivity (Wildman–Crippen MR) is 145 cm³/mol. The third kappa shape index (κ3) is 4.08. The number of hydrogen-bond acceptors (Lipinski definition) is 5. The van der Waals surface area contributed by atoms with Crippen LogP contribution >= 0.6 is 0 Å². The number of nitrogens with zero attached hydrogens (tertiary/aromatic N) is 2. The Bertz CT molecular complexity index is 1530. The summed E-state index contributed by atoms with van der Waals surface area (Å²) >= 11 is 0. The molecule has 3 aromatic carbocycles. The van der Waals surface area contributed by atoms with Crippen LogP contribution in [0.15, 0.2) is 88.9 Å². The second-order valence-corrected chi connectivity index (χ2v) is 9.74. The molecule has 1 amide bonds. The van der Waals surface area contributed by atoms with Gasteiger partial charge in [-0.05, 0) is 79.4 Å². The minimum Gasteiger partial charge on any atom is -0.507 e. The lowest BCUT2D eigenvalue weighted by Crippen LogP contribution is -2.30. The first-order valence-electron chi connectivity index (χ1n) is 12.7. The Labute approximate surface area is 215 Å². The molecule has 6 rings (SSSR count). The van der Waals surface area contributed by atoms with E-state index in [2.05, 4.69) is 4.90 Å². The summed E-state index contributed by atoms with van der Waals surface area (Å²) in [6.45, 7) is 3.84. The number of hydrogen-bond donors (Lipinski definition) is 1. The van der Waals surface area contributed by atoms with E-state index in [4.69, 9.17) is 4.42 Å². The van der Waals surface area contributed by atoms with Crippen molar-refractivity contribution in [1.29, 1.82) is 0 Å². The number of anilines is 2. The van der Waals surface area contributed by atoms with E-state index in [9.17, 15) is 14.7 Å². The molecule has 1 unspecified atom stereocenters. The minimum atomic E-state index is -0.874. The van der Waals surface area contributed by atoms with E-state index < -0.39 is 17.7 Å². The predicted octanol–water partition coefficient (Wildman–Crippen LogP) is 6.36. The average Bonchev–Trinajstić information content (AvgIpc) is 3.48. The van der Waals surface area contributed by atoms with Gasteiger partial charge in [0.1, 0.15) is 23.3 Å². The number of aryl methyl sites for hydroxylation is 1. The van der Waals surface area contributed by atoms with Crippen molar-refractivity contribution in [3.63, 3.8) is 0 Å². The van der Waals surface area contributed by atoms with E-state index in [0.29, 0.717) is 22.8 Å². The van der Waals surface area contributed by atoms with Crippen molar-refractivity contribution in [1.82, 2.24) is 0 Å². The van der Waals surface area contributed by atoms with Crippen LogP contribution in [0.1, 0.15) is 42.4 Å². The molecule has 1 N–H and O–H groups in total. The molecule has 1 atom stereocenters. The molecule has 3 heterocycles. The zero-order chi connectivity index (χ0) is 25.5. The van der Waals surface area contributed by atoms with Crippen molar-refractivity contribution >= 4 is 39.6 Å². The lowest BCUT2D eigenvalue weighted by atomic mass is 9.97. The Kier molecular flexibility index (Phi) is 5.80. The molecule has 2 fully saturated rings. The van der Waals surface area contributed by atoms with Crippen LogP contribution < -0.4 is 9.80 Å². The van der Waals surface area contributed by atoms with E-state index >= 15 is 0 Å². The first kappa shape index (κ1) is 23.1. The second-order valence-electron chi connectivity index (χ2n) is 9.74. The van der Waals surface area contributed by atoms with Crippen molar-refractivity contribution in [3.8, 4) is 0 Å². The van der Waals surface area contributed by atoms with Gasteiger partial charge in [-0.15, -0.1) is 0 Å². The number of fused-ring (bicyclic) bond motifs is 1. The van der Waals surface area contributed by atoms with Gasteiger partial charge in [0.2, 0.25) is 0 Å². The van der Waals surface area contributed by atoms with Crippen molar-refractivity contribution in [2.45, 2.75) is 32.2 Å². The summed E-state index contributed by atoms with van der Waals surface area (Å²) in [6.07, 6.45) is 3.59. The van der Waals surface area contributed by atoms with E-state index in [-0.39, 0.29) is 11.3 Å². The van der Waals surface area contributed by atoms with Gasteiger partial charge < -0.3 is 14.4 Å². The molecule has 4 aromatic rings. The number of ketones is 1. The third-order valence-corrected chi connectivity index (χ3v) is 7.35. The maximum Gasteiger partial charge on any atom is 0.300 e. The smallest absolute Gasteiger partial charge is 0.300 e. The summed E-state index contributed by atoms with van der Waals surface area (Å²) < 4.78 is 5.92. The highest BCUT2D eigenvalue weighted by molar-refractivity contribution is 6.51. The highest BCUT2D eigenvalue weighted by atomic mass is 16.3. The third-order valence-electron chi connectivity index (χ3n) is 7.35. The maximum absolute atomic E-state index is 13.4. The van der Waals surface area contributed by atoms with Crippen LogP contribution in [0.5, 0.6) is 0 Å². The number of benzene rings is 3. The van der Waals surface area contributed by atoms with Crippen LogP contribution in [0.25, 0.3) is 16.5 Å². The summed E-state index contributed by atoms with van der Waals surface area (Å²) in [6, 6.07) is 23.7. The fraction of sp³-hybridized carbons (Fsp3) is 0.226. The standard InChI is InChI=1S/C31H28N2O4/c1-20-9-16-26(37-20)28-27(29(34)23-11-10-21-7-3-4-8-22(21)19-23)30(35)31(36)33(28)25-14-12-24(13-15-25)32-17-5-2-6-18-32/h3-4,7-16,19,28,34H,2,5-6,17-18H2,1H3/b29-27-. The number of piperidine rings is 1. The lowest BCUT2D eigenvalue weighted by molar-refractivity contribution is -0.132. The van der Waals surface area contributed by atoms with Crippen LogP contribution in [0.4, 0.5) is 11.4 Å². The fourth-order valence-corrected chi connectivity index (χ4v) is 5.44. The van der Waals surface area contributed by atoms with Gasteiger partial charge in [0, 0.05) is 30.0 Å². The molecule has 2 aliphatic heterocycles. The van der Waals surface area contributed by atoms with E-state index in [1.165, 1.54) is 24.2 Å². The van der Waals surface area contributed by atoms with Gasteiger partial charge in [-0.2, -0.15) is 0 Å². The lowest BCUT2D eigenvalue weighted by Gasteiger charge is -2.29. The Morgan fingerprint density at radius 3 is 2.24 bits per heavy atom. The molecule has 0 radical (unpaired) electrons. The van der Waals surface area contributed by atoms with Gasteiger partial charge in [0.05, 0.1) is 5.57 Å². The Morgan fingerprint density at radius 1 is 0.838 bits per heavy atom. The monoisotopic (exact) mass is 492 g/mol. The molecule has 37 heavy (non-hydrogen) atoms. The Balaban J connectivity index is 1.45. The van der Waals surface area contributed by atoms with Gasteiger partial charge in [-0.1, -0.05) is 36.4 Å². The summed E-state index contributed by atoms with van der Waals surface area (Å²) in [5, 5.41) is 13.4. The number of Topliss-reactive ketones (excluding diaryl/α,β-unsaturated/α-hetero) is 1. The van der Waals surface area contributed by atoms with Crippen LogP contribution in [0.3, 0.4) is 0 Å². The number of furan rings is 1. The van der Waals surface area contributed by atoms with E-state index in [0.717, 1.165) is 29.5 Å². The molecule has 1 aromatic heterocycles. The summed E-state index contributed by atoms with van der Waals surface area (Å²) in [4.78, 5) is 30.6. The van der Waals surface area contributed by atoms with Crippen LogP contribution in [-0.4, -0.2) is 29.9 Å². The molecule has 2 saturated heterocycles. The minimum absolute atomic E-state index is 0.0229. The zero-order valence-corrected chi connectivity index (χ0v) is 20.7. The number of carbonyl (C=O) groups excluding carboxylic acids is 2. The highest BCUT2D eigenvalue weighted by Gasteiger charge is 2.48. The normalized spacial score (nSPS) is 19.6. The molecular weight excluding hydrogens is 464 g/mol. The summed E-state index contributed by atoms with van der Waals surface area (Å²) in [7, 11) is 0. The van der Waals surface area contributed by atoms with Gasteiger partial charge in [0.15, 0.2) is 0 Å². The van der Waals surface area contributed by atoms with Crippen molar-refractivity contribution in [2.24, 2.45) is 0 Å². The van der Waals surface area contributed by atoms with Gasteiger partial charge in [-0.3, -0.25) is 14.5 Å². The molecule has 6 heteroatoms. The molecule has 186 valence electrons. The second kappa shape index (κ2) is 9.28. The molecule has 0 spiro atoms. The van der Waals surface area contributed by atoms with Gasteiger partial charge >= 0.3 is 0 Å². The Morgan fingerprint density at radius 2 is 1.54 bits per heavy atom. The number of rotatable bonds is 4. The number of carbonyl (C=O) groups is 2.